The number of carbonyl (C=O) groups is 2. The highest BCUT2D eigenvalue weighted by Crippen LogP contribution is 2.41. The molecule has 0 atom stereocenters. The van der Waals surface area contributed by atoms with Crippen molar-refractivity contribution >= 4 is 22.9 Å². The van der Waals surface area contributed by atoms with Crippen LogP contribution in [0.25, 0.3) is 11.0 Å². The van der Waals surface area contributed by atoms with Crippen molar-refractivity contribution in [3.05, 3.63) is 29.6 Å². The Hall–Kier alpha value is -2.37. The molecule has 3 rings (SSSR count). The normalized spacial score (nSPS) is 14.7. The summed E-state index contributed by atoms with van der Waals surface area (Å²) in [6.07, 6.45) is 2.04. The average Bonchev–Trinajstić information content (AvgIpc) is 3.12. The van der Waals surface area contributed by atoms with E-state index in [4.69, 9.17) is 5.73 Å². The number of imidazole rings is 1. The number of hydrogen-bond donors (Lipinski definition) is 2. The second kappa shape index (κ2) is 4.08. The predicted molar refractivity (Wildman–Crippen MR) is 67.9 cm³/mol. The molecule has 0 aliphatic heterocycles. The molecule has 1 aliphatic rings. The number of hydrogen-bond acceptors (Lipinski definition) is 3. The number of fused-ring (bicyclic) bond motifs is 1. The van der Waals surface area contributed by atoms with Crippen molar-refractivity contribution in [1.29, 1.82) is 0 Å². The van der Waals surface area contributed by atoms with Gasteiger partial charge in [-0.2, -0.15) is 0 Å². The van der Waals surface area contributed by atoms with Gasteiger partial charge in [0.05, 0.1) is 11.1 Å². The van der Waals surface area contributed by atoms with Gasteiger partial charge in [-0.1, -0.05) is 6.07 Å². The second-order valence-electron chi connectivity index (χ2n) is 4.78. The van der Waals surface area contributed by atoms with Gasteiger partial charge in [0.2, 0.25) is 5.91 Å². The van der Waals surface area contributed by atoms with Gasteiger partial charge in [-0.25, -0.2) is 9.78 Å². The highest BCUT2D eigenvalue weighted by Gasteiger charge is 2.30. The van der Waals surface area contributed by atoms with Crippen LogP contribution in [0.2, 0.25) is 0 Å². The number of aromatic nitrogens is 2. The maximum atomic E-state index is 11.2. The summed E-state index contributed by atoms with van der Waals surface area (Å²) in [7, 11) is 0. The summed E-state index contributed by atoms with van der Waals surface area (Å²) in [5.74, 6) is -0.394. The second-order valence-corrected chi connectivity index (χ2v) is 4.78. The van der Waals surface area contributed by atoms with Gasteiger partial charge in [-0.15, -0.1) is 0 Å². The number of carbonyl (C=O) groups excluding carboxylic acids is 1. The molecule has 0 bridgehead atoms. The van der Waals surface area contributed by atoms with Gasteiger partial charge in [0.25, 0.3) is 0 Å². The number of amides is 1. The van der Waals surface area contributed by atoms with E-state index in [-0.39, 0.29) is 12.1 Å². The Morgan fingerprint density at radius 1 is 1.42 bits per heavy atom. The molecule has 1 aliphatic carbocycles. The molecule has 0 unspecified atom stereocenters. The zero-order chi connectivity index (χ0) is 13.6. The molecule has 2 aromatic rings. The Morgan fingerprint density at radius 2 is 2.16 bits per heavy atom. The van der Waals surface area contributed by atoms with Crippen LogP contribution in [0.4, 0.5) is 0 Å². The van der Waals surface area contributed by atoms with Crippen molar-refractivity contribution in [2.24, 2.45) is 5.73 Å². The fourth-order valence-electron chi connectivity index (χ4n) is 2.31. The molecule has 6 nitrogen and oxygen atoms in total. The first-order valence-electron chi connectivity index (χ1n) is 6.08. The van der Waals surface area contributed by atoms with E-state index in [1.165, 1.54) is 6.07 Å². The largest absolute Gasteiger partial charge is 0.478 e. The monoisotopic (exact) mass is 259 g/mol. The molecule has 1 aromatic carbocycles. The number of carboxylic acid groups (broad SMARTS) is 1. The Bertz CT molecular complexity index is 686. The van der Waals surface area contributed by atoms with E-state index in [2.05, 4.69) is 4.98 Å². The number of benzene rings is 1. The van der Waals surface area contributed by atoms with Crippen LogP contribution in [0.3, 0.4) is 0 Å². The minimum atomic E-state index is -1.02. The van der Waals surface area contributed by atoms with Crippen LogP contribution < -0.4 is 5.73 Å². The lowest BCUT2D eigenvalue weighted by molar-refractivity contribution is -0.118. The zero-order valence-electron chi connectivity index (χ0n) is 10.2. The Kier molecular flexibility index (Phi) is 2.51. The highest BCUT2D eigenvalue weighted by atomic mass is 16.4. The lowest BCUT2D eigenvalue weighted by atomic mass is 10.2. The van der Waals surface area contributed by atoms with E-state index in [9.17, 15) is 14.7 Å². The molecule has 3 N–H and O–H groups in total. The quantitative estimate of drug-likeness (QED) is 0.858. The van der Waals surface area contributed by atoms with Gasteiger partial charge in [-0.05, 0) is 25.0 Å². The van der Waals surface area contributed by atoms with Gasteiger partial charge in [0, 0.05) is 5.92 Å². The number of aromatic carboxylic acids is 1. The van der Waals surface area contributed by atoms with Gasteiger partial charge in [-0.3, -0.25) is 4.79 Å². The number of para-hydroxylation sites is 1. The summed E-state index contributed by atoms with van der Waals surface area (Å²) in [5.41, 5.74) is 6.50. The standard InChI is InChI=1S/C13H13N3O3/c14-10(17)6-16-9-3-1-2-8(13(18)19)11(9)15-12(16)7-4-5-7/h1-3,7H,4-6H2,(H2,14,17)(H,18,19). The van der Waals surface area contributed by atoms with Crippen molar-refractivity contribution in [2.45, 2.75) is 25.3 Å². The summed E-state index contributed by atoms with van der Waals surface area (Å²) >= 11 is 0. The van der Waals surface area contributed by atoms with Crippen LogP contribution >= 0.6 is 0 Å². The Balaban J connectivity index is 2.25. The molecule has 0 radical (unpaired) electrons. The molecule has 1 amide bonds. The van der Waals surface area contributed by atoms with Crippen LogP contribution in [0, 0.1) is 0 Å². The van der Waals surface area contributed by atoms with E-state index >= 15 is 0 Å². The van der Waals surface area contributed by atoms with Crippen molar-refractivity contribution < 1.29 is 14.7 Å². The van der Waals surface area contributed by atoms with E-state index in [0.717, 1.165) is 18.7 Å². The van der Waals surface area contributed by atoms with E-state index in [0.29, 0.717) is 17.0 Å². The molecule has 1 saturated carbocycles. The number of nitrogens with two attached hydrogens (primary N) is 1. The first kappa shape index (κ1) is 11.7. The van der Waals surface area contributed by atoms with Crippen LogP contribution in [0.1, 0.15) is 34.9 Å². The fourth-order valence-corrected chi connectivity index (χ4v) is 2.31. The van der Waals surface area contributed by atoms with Crippen molar-refractivity contribution in [1.82, 2.24) is 9.55 Å². The minimum absolute atomic E-state index is 0.0331. The van der Waals surface area contributed by atoms with E-state index in [1.54, 1.807) is 16.7 Å². The van der Waals surface area contributed by atoms with Gasteiger partial charge >= 0.3 is 5.97 Å². The summed E-state index contributed by atoms with van der Waals surface area (Å²) in [6.45, 7) is 0.0331. The fraction of sp³-hybridized carbons (Fsp3) is 0.308. The smallest absolute Gasteiger partial charge is 0.337 e. The van der Waals surface area contributed by atoms with Gasteiger partial charge < -0.3 is 15.4 Å². The van der Waals surface area contributed by atoms with Gasteiger partial charge in [0.1, 0.15) is 17.9 Å². The number of rotatable bonds is 4. The molecule has 98 valence electrons. The molecule has 0 spiro atoms. The molecule has 1 heterocycles. The Labute approximate surface area is 108 Å². The van der Waals surface area contributed by atoms with Crippen molar-refractivity contribution in [3.63, 3.8) is 0 Å². The third-order valence-corrected chi connectivity index (χ3v) is 3.30. The maximum absolute atomic E-state index is 11.2. The predicted octanol–water partition coefficient (Wildman–Crippen LogP) is 1.10. The number of carboxylic acids is 1. The first-order chi connectivity index (χ1) is 9.08. The average molecular weight is 259 g/mol. The van der Waals surface area contributed by atoms with E-state index < -0.39 is 11.9 Å². The summed E-state index contributed by atoms with van der Waals surface area (Å²) in [6, 6.07) is 4.94. The molecular weight excluding hydrogens is 246 g/mol. The molecular formula is C13H13N3O3. The third-order valence-electron chi connectivity index (χ3n) is 3.30. The van der Waals surface area contributed by atoms with Crippen molar-refractivity contribution in [3.8, 4) is 0 Å². The SMILES string of the molecule is NC(=O)Cn1c(C2CC2)nc2c(C(=O)O)cccc21. The molecule has 1 fully saturated rings. The summed E-state index contributed by atoms with van der Waals surface area (Å²) < 4.78 is 1.74. The third kappa shape index (κ3) is 1.95. The number of primary amides is 1. The van der Waals surface area contributed by atoms with Crippen LogP contribution in [0.5, 0.6) is 0 Å². The molecule has 0 saturated heterocycles. The summed E-state index contributed by atoms with van der Waals surface area (Å²) in [4.78, 5) is 26.8. The van der Waals surface area contributed by atoms with Gasteiger partial charge in [0.15, 0.2) is 0 Å². The minimum Gasteiger partial charge on any atom is -0.478 e. The van der Waals surface area contributed by atoms with Crippen LogP contribution in [0.15, 0.2) is 18.2 Å². The lowest BCUT2D eigenvalue weighted by Gasteiger charge is -2.05. The molecule has 1 aromatic heterocycles. The van der Waals surface area contributed by atoms with Crippen LogP contribution in [-0.2, 0) is 11.3 Å². The first-order valence-corrected chi connectivity index (χ1v) is 6.08. The lowest BCUT2D eigenvalue weighted by Crippen LogP contribution is -2.20. The Morgan fingerprint density at radius 3 is 2.74 bits per heavy atom. The van der Waals surface area contributed by atoms with E-state index in [1.807, 2.05) is 0 Å². The zero-order valence-corrected chi connectivity index (χ0v) is 10.2. The topological polar surface area (TPSA) is 98.2 Å². The molecule has 6 heteroatoms. The van der Waals surface area contributed by atoms with Crippen LogP contribution in [-0.4, -0.2) is 26.5 Å². The van der Waals surface area contributed by atoms with Crippen molar-refractivity contribution in [2.75, 3.05) is 0 Å². The summed E-state index contributed by atoms with van der Waals surface area (Å²) in [5, 5.41) is 9.18. The molecule has 19 heavy (non-hydrogen) atoms. The number of nitrogens with zero attached hydrogens (tertiary/aromatic N) is 2. The highest BCUT2D eigenvalue weighted by molar-refractivity contribution is 6.01. The maximum Gasteiger partial charge on any atom is 0.337 e.